The predicted octanol–water partition coefficient (Wildman–Crippen LogP) is 2.69. The third-order valence-corrected chi connectivity index (χ3v) is 4.05. The lowest BCUT2D eigenvalue weighted by atomic mass is 10.1. The van der Waals surface area contributed by atoms with Crippen molar-refractivity contribution in [1.29, 1.82) is 0 Å². The van der Waals surface area contributed by atoms with Crippen LogP contribution in [0.15, 0.2) is 6.07 Å². The molecule has 3 rings (SSSR count). The second-order valence-electron chi connectivity index (χ2n) is 6.02. The summed E-state index contributed by atoms with van der Waals surface area (Å²) in [6.07, 6.45) is 5.29. The number of nitrogens with zero attached hydrogens (tertiary/aromatic N) is 1. The molecule has 0 atom stereocenters. The lowest BCUT2D eigenvalue weighted by molar-refractivity contribution is 0.0920. The van der Waals surface area contributed by atoms with Gasteiger partial charge in [0.15, 0.2) is 5.78 Å². The molecule has 0 bridgehead atoms. The molecule has 0 amide bonds. The van der Waals surface area contributed by atoms with E-state index in [9.17, 15) is 4.79 Å². The van der Waals surface area contributed by atoms with E-state index >= 15 is 0 Å². The van der Waals surface area contributed by atoms with Crippen molar-refractivity contribution in [2.24, 2.45) is 5.92 Å². The molecule has 18 heavy (non-hydrogen) atoms. The van der Waals surface area contributed by atoms with Gasteiger partial charge in [-0.3, -0.25) is 9.69 Å². The van der Waals surface area contributed by atoms with Gasteiger partial charge in [-0.25, -0.2) is 0 Å². The highest BCUT2D eigenvalue weighted by molar-refractivity contribution is 5.98. The summed E-state index contributed by atoms with van der Waals surface area (Å²) < 4.78 is 0. The molecular formula is C15H22N2O. The third kappa shape index (κ3) is 2.66. The van der Waals surface area contributed by atoms with Gasteiger partial charge in [-0.2, -0.15) is 0 Å². The zero-order chi connectivity index (χ0) is 12.7. The highest BCUT2D eigenvalue weighted by Gasteiger charge is 2.34. The minimum absolute atomic E-state index is 0.282. The molecule has 1 aromatic rings. The van der Waals surface area contributed by atoms with E-state index in [0.29, 0.717) is 12.6 Å². The molecule has 98 valence electrons. The quantitative estimate of drug-likeness (QED) is 0.783. The minimum atomic E-state index is 0.282. The van der Waals surface area contributed by atoms with Crippen molar-refractivity contribution < 1.29 is 4.79 Å². The number of carbonyl (C=O) groups excluding carboxylic acids is 1. The average molecular weight is 246 g/mol. The summed E-state index contributed by atoms with van der Waals surface area (Å²) in [4.78, 5) is 18.0. The van der Waals surface area contributed by atoms with E-state index in [1.54, 1.807) is 0 Å². The number of H-pyrrole nitrogens is 1. The summed E-state index contributed by atoms with van der Waals surface area (Å²) in [5.74, 6) is 1.15. The zero-order valence-electron chi connectivity index (χ0n) is 11.3. The lowest BCUT2D eigenvalue weighted by Gasteiger charge is -2.20. The number of nitrogens with one attached hydrogen (secondary N) is 1. The highest BCUT2D eigenvalue weighted by Crippen LogP contribution is 2.34. The molecule has 0 aromatic carbocycles. The smallest absolute Gasteiger partial charge is 0.178 e. The van der Waals surface area contributed by atoms with Crippen LogP contribution in [0, 0.1) is 19.8 Å². The van der Waals surface area contributed by atoms with E-state index in [4.69, 9.17) is 0 Å². The fourth-order valence-electron chi connectivity index (χ4n) is 2.70. The van der Waals surface area contributed by atoms with Crippen LogP contribution in [0.1, 0.15) is 47.4 Å². The van der Waals surface area contributed by atoms with Crippen molar-refractivity contribution in [2.45, 2.75) is 45.6 Å². The van der Waals surface area contributed by atoms with Crippen molar-refractivity contribution in [3.05, 3.63) is 23.0 Å². The number of hydrogen-bond acceptors (Lipinski definition) is 2. The number of aromatic nitrogens is 1. The summed E-state index contributed by atoms with van der Waals surface area (Å²) in [6, 6.07) is 2.68. The Hall–Kier alpha value is -1.09. The van der Waals surface area contributed by atoms with Crippen LogP contribution in [-0.2, 0) is 0 Å². The first-order valence-electron chi connectivity index (χ1n) is 7.07. The molecule has 1 heterocycles. The molecule has 1 aromatic heterocycles. The fourth-order valence-corrected chi connectivity index (χ4v) is 2.70. The molecular weight excluding hydrogens is 224 g/mol. The van der Waals surface area contributed by atoms with E-state index in [1.165, 1.54) is 25.7 Å². The molecule has 0 saturated heterocycles. The van der Waals surface area contributed by atoms with Gasteiger partial charge in [0.1, 0.15) is 0 Å². The van der Waals surface area contributed by atoms with E-state index in [2.05, 4.69) is 9.88 Å². The van der Waals surface area contributed by atoms with Crippen molar-refractivity contribution >= 4 is 5.78 Å². The second kappa shape index (κ2) is 4.54. The molecule has 3 nitrogen and oxygen atoms in total. The number of hydrogen-bond donors (Lipinski definition) is 1. The number of rotatable bonds is 6. The van der Waals surface area contributed by atoms with Gasteiger partial charge in [-0.05, 0) is 51.5 Å². The Morgan fingerprint density at radius 1 is 1.33 bits per heavy atom. The lowest BCUT2D eigenvalue weighted by Crippen LogP contribution is -2.33. The first-order chi connectivity index (χ1) is 8.63. The summed E-state index contributed by atoms with van der Waals surface area (Å²) in [5.41, 5.74) is 2.98. The Labute approximate surface area is 109 Å². The van der Waals surface area contributed by atoms with Crippen molar-refractivity contribution in [3.8, 4) is 0 Å². The second-order valence-corrected chi connectivity index (χ2v) is 6.02. The van der Waals surface area contributed by atoms with E-state index < -0.39 is 0 Å². The maximum absolute atomic E-state index is 12.4. The van der Waals surface area contributed by atoms with Crippen LogP contribution in [-0.4, -0.2) is 34.8 Å². The maximum atomic E-state index is 12.4. The van der Waals surface area contributed by atoms with Crippen LogP contribution in [0.2, 0.25) is 0 Å². The van der Waals surface area contributed by atoms with Crippen molar-refractivity contribution in [3.63, 3.8) is 0 Å². The Kier molecular flexibility index (Phi) is 3.02. The van der Waals surface area contributed by atoms with Crippen LogP contribution in [0.3, 0.4) is 0 Å². The molecule has 3 heteroatoms. The third-order valence-electron chi connectivity index (χ3n) is 4.05. The van der Waals surface area contributed by atoms with Gasteiger partial charge in [0.25, 0.3) is 0 Å². The molecule has 0 aliphatic heterocycles. The van der Waals surface area contributed by atoms with Crippen LogP contribution >= 0.6 is 0 Å². The van der Waals surface area contributed by atoms with E-state index in [-0.39, 0.29) is 5.78 Å². The summed E-state index contributed by atoms with van der Waals surface area (Å²) in [5, 5.41) is 0. The molecule has 1 N–H and O–H groups in total. The molecule has 0 radical (unpaired) electrons. The SMILES string of the molecule is Cc1cc(C(=O)CN(CC2CC2)C2CC2)c(C)[nH]1. The molecule has 0 unspecified atom stereocenters. The number of aryl methyl sites for hydroxylation is 2. The summed E-state index contributed by atoms with van der Waals surface area (Å²) in [7, 11) is 0. The Balaban J connectivity index is 1.65. The first kappa shape index (κ1) is 12.0. The number of ketones is 1. The van der Waals surface area contributed by atoms with Crippen molar-refractivity contribution in [1.82, 2.24) is 9.88 Å². The van der Waals surface area contributed by atoms with Crippen LogP contribution < -0.4 is 0 Å². The maximum Gasteiger partial charge on any atom is 0.178 e. The average Bonchev–Trinajstić information content (AvgIpc) is 3.18. The minimum Gasteiger partial charge on any atom is -0.362 e. The monoisotopic (exact) mass is 246 g/mol. The largest absolute Gasteiger partial charge is 0.362 e. The zero-order valence-corrected chi connectivity index (χ0v) is 11.3. The van der Waals surface area contributed by atoms with Gasteiger partial charge >= 0.3 is 0 Å². The normalized spacial score (nSPS) is 19.5. The molecule has 2 aliphatic rings. The fraction of sp³-hybridized carbons (Fsp3) is 0.667. The van der Waals surface area contributed by atoms with Gasteiger partial charge in [-0.15, -0.1) is 0 Å². The number of carbonyl (C=O) groups is 1. The number of Topliss-reactive ketones (excluding diaryl/α,β-unsaturated/α-hetero) is 1. The van der Waals surface area contributed by atoms with E-state index in [0.717, 1.165) is 29.4 Å². The van der Waals surface area contributed by atoms with Gasteiger partial charge in [-0.1, -0.05) is 0 Å². The molecule has 0 spiro atoms. The number of aromatic amines is 1. The molecule has 2 aliphatic carbocycles. The predicted molar refractivity (Wildman–Crippen MR) is 71.9 cm³/mol. The Morgan fingerprint density at radius 3 is 2.56 bits per heavy atom. The van der Waals surface area contributed by atoms with Gasteiger partial charge in [0, 0.05) is 29.5 Å². The van der Waals surface area contributed by atoms with E-state index in [1.807, 2.05) is 19.9 Å². The standard InChI is InChI=1S/C15H22N2O/c1-10-7-14(11(2)16-10)15(18)9-17(13-5-6-13)8-12-3-4-12/h7,12-13,16H,3-6,8-9H2,1-2H3. The first-order valence-corrected chi connectivity index (χ1v) is 7.07. The Bertz CT molecular complexity index is 455. The van der Waals surface area contributed by atoms with Gasteiger partial charge in [0.05, 0.1) is 6.54 Å². The van der Waals surface area contributed by atoms with Crippen LogP contribution in [0.5, 0.6) is 0 Å². The van der Waals surface area contributed by atoms with Crippen LogP contribution in [0.25, 0.3) is 0 Å². The van der Waals surface area contributed by atoms with Gasteiger partial charge in [0.2, 0.25) is 0 Å². The van der Waals surface area contributed by atoms with Crippen LogP contribution in [0.4, 0.5) is 0 Å². The molecule has 2 fully saturated rings. The Morgan fingerprint density at radius 2 is 2.06 bits per heavy atom. The summed E-state index contributed by atoms with van der Waals surface area (Å²) >= 11 is 0. The highest BCUT2D eigenvalue weighted by atomic mass is 16.1. The van der Waals surface area contributed by atoms with Crippen molar-refractivity contribution in [2.75, 3.05) is 13.1 Å². The van der Waals surface area contributed by atoms with Gasteiger partial charge < -0.3 is 4.98 Å². The summed E-state index contributed by atoms with van der Waals surface area (Å²) in [6.45, 7) is 5.74. The molecule has 2 saturated carbocycles. The topological polar surface area (TPSA) is 36.1 Å².